The summed E-state index contributed by atoms with van der Waals surface area (Å²) in [6.45, 7) is 8.73. The fourth-order valence-electron chi connectivity index (χ4n) is 4.40. The molecule has 0 radical (unpaired) electrons. The minimum atomic E-state index is 0.429. The molecule has 0 aromatic carbocycles. The van der Waals surface area contributed by atoms with Crippen LogP contribution < -0.4 is 5.73 Å². The van der Waals surface area contributed by atoms with Crippen LogP contribution in [-0.4, -0.2) is 68.3 Å². The number of nitrogens with two attached hydrogens (primary N) is 1. The van der Waals surface area contributed by atoms with Crippen LogP contribution in [0.3, 0.4) is 0 Å². The molecule has 2 aliphatic heterocycles. The maximum atomic E-state index is 6.14. The fourth-order valence-corrected chi connectivity index (χ4v) is 4.40. The lowest BCUT2D eigenvalue weighted by Crippen LogP contribution is -2.47. The first-order valence-electron chi connectivity index (χ1n) is 8.56. The SMILES string of the molecule is NCC1(CN2CCC(N3CCOCC3)C2)CCCCC1. The van der Waals surface area contributed by atoms with Crippen molar-refractivity contribution < 1.29 is 4.74 Å². The minimum Gasteiger partial charge on any atom is -0.379 e. The Bertz CT molecular complexity index is 298. The van der Waals surface area contributed by atoms with Gasteiger partial charge in [-0.05, 0) is 37.8 Å². The van der Waals surface area contributed by atoms with Crippen molar-refractivity contribution in [2.45, 2.75) is 44.6 Å². The second kappa shape index (κ2) is 6.73. The van der Waals surface area contributed by atoms with Crippen LogP contribution in [0.2, 0.25) is 0 Å². The summed E-state index contributed by atoms with van der Waals surface area (Å²) in [5.74, 6) is 0. The highest BCUT2D eigenvalue weighted by Gasteiger charge is 2.36. The maximum Gasteiger partial charge on any atom is 0.0594 e. The predicted molar refractivity (Wildman–Crippen MR) is 81.8 cm³/mol. The van der Waals surface area contributed by atoms with Gasteiger partial charge in [-0.2, -0.15) is 0 Å². The van der Waals surface area contributed by atoms with E-state index in [2.05, 4.69) is 9.80 Å². The number of likely N-dealkylation sites (tertiary alicyclic amines) is 1. The van der Waals surface area contributed by atoms with Gasteiger partial charge < -0.3 is 15.4 Å². The Morgan fingerprint density at radius 2 is 1.80 bits per heavy atom. The van der Waals surface area contributed by atoms with E-state index in [4.69, 9.17) is 10.5 Å². The highest BCUT2D eigenvalue weighted by molar-refractivity contribution is 4.91. The van der Waals surface area contributed by atoms with Gasteiger partial charge in [-0.3, -0.25) is 4.90 Å². The third kappa shape index (κ3) is 3.35. The van der Waals surface area contributed by atoms with Gasteiger partial charge in [-0.15, -0.1) is 0 Å². The van der Waals surface area contributed by atoms with E-state index in [1.165, 1.54) is 58.2 Å². The van der Waals surface area contributed by atoms with Gasteiger partial charge in [0.05, 0.1) is 13.2 Å². The fraction of sp³-hybridized carbons (Fsp3) is 1.00. The van der Waals surface area contributed by atoms with Crippen molar-refractivity contribution in [1.29, 1.82) is 0 Å². The predicted octanol–water partition coefficient (Wildman–Crippen LogP) is 1.30. The number of hydrogen-bond donors (Lipinski definition) is 1. The zero-order chi connectivity index (χ0) is 13.8. The first-order chi connectivity index (χ1) is 9.81. The third-order valence-electron chi connectivity index (χ3n) is 5.72. The third-order valence-corrected chi connectivity index (χ3v) is 5.72. The van der Waals surface area contributed by atoms with E-state index in [1.54, 1.807) is 0 Å². The molecule has 0 aromatic rings. The summed E-state index contributed by atoms with van der Waals surface area (Å²) in [7, 11) is 0. The second-order valence-electron chi connectivity index (χ2n) is 7.09. The van der Waals surface area contributed by atoms with Crippen LogP contribution in [0, 0.1) is 5.41 Å². The lowest BCUT2D eigenvalue weighted by molar-refractivity contribution is 0.0171. The van der Waals surface area contributed by atoms with Gasteiger partial charge >= 0.3 is 0 Å². The van der Waals surface area contributed by atoms with Crippen LogP contribution in [0.15, 0.2) is 0 Å². The highest BCUT2D eigenvalue weighted by atomic mass is 16.5. The molecule has 0 aromatic heterocycles. The van der Waals surface area contributed by atoms with E-state index in [-0.39, 0.29) is 0 Å². The summed E-state index contributed by atoms with van der Waals surface area (Å²) in [5, 5.41) is 0. The molecule has 3 rings (SSSR count). The Morgan fingerprint density at radius 1 is 1.05 bits per heavy atom. The smallest absolute Gasteiger partial charge is 0.0594 e. The van der Waals surface area contributed by atoms with Crippen LogP contribution in [0.25, 0.3) is 0 Å². The van der Waals surface area contributed by atoms with Crippen molar-refractivity contribution in [3.63, 3.8) is 0 Å². The number of ether oxygens (including phenoxy) is 1. The van der Waals surface area contributed by atoms with Crippen LogP contribution >= 0.6 is 0 Å². The first kappa shape index (κ1) is 14.8. The maximum absolute atomic E-state index is 6.14. The molecule has 0 amide bonds. The molecule has 3 fully saturated rings. The summed E-state index contributed by atoms with van der Waals surface area (Å²) in [6, 6.07) is 0.761. The summed E-state index contributed by atoms with van der Waals surface area (Å²) in [6.07, 6.45) is 8.22. The summed E-state index contributed by atoms with van der Waals surface area (Å²) >= 11 is 0. The van der Waals surface area contributed by atoms with E-state index >= 15 is 0 Å². The second-order valence-corrected chi connectivity index (χ2v) is 7.09. The summed E-state index contributed by atoms with van der Waals surface area (Å²) in [5.41, 5.74) is 6.57. The molecule has 116 valence electrons. The van der Waals surface area contributed by atoms with Gasteiger partial charge in [0.15, 0.2) is 0 Å². The van der Waals surface area contributed by atoms with Crippen molar-refractivity contribution in [1.82, 2.24) is 9.80 Å². The topological polar surface area (TPSA) is 41.7 Å². The zero-order valence-electron chi connectivity index (χ0n) is 12.9. The van der Waals surface area contributed by atoms with E-state index in [0.29, 0.717) is 5.41 Å². The largest absolute Gasteiger partial charge is 0.379 e. The molecule has 4 heteroatoms. The molecule has 20 heavy (non-hydrogen) atoms. The number of hydrogen-bond acceptors (Lipinski definition) is 4. The van der Waals surface area contributed by atoms with E-state index in [9.17, 15) is 0 Å². The van der Waals surface area contributed by atoms with Gasteiger partial charge in [-0.1, -0.05) is 19.3 Å². The molecule has 2 N–H and O–H groups in total. The quantitative estimate of drug-likeness (QED) is 0.843. The summed E-state index contributed by atoms with van der Waals surface area (Å²) < 4.78 is 5.47. The Kier molecular flexibility index (Phi) is 4.97. The Balaban J connectivity index is 1.51. The average molecular weight is 281 g/mol. The van der Waals surface area contributed by atoms with Crippen molar-refractivity contribution in [2.75, 3.05) is 52.5 Å². The standard InChI is InChI=1S/C16H31N3O/c17-13-16(5-2-1-3-6-16)14-18-7-4-15(12-18)19-8-10-20-11-9-19/h15H,1-14,17H2. The van der Waals surface area contributed by atoms with Gasteiger partial charge in [0.2, 0.25) is 0 Å². The molecule has 1 unspecified atom stereocenters. The summed E-state index contributed by atoms with van der Waals surface area (Å²) in [4.78, 5) is 5.33. The molecule has 1 atom stereocenters. The van der Waals surface area contributed by atoms with Crippen LogP contribution in [0.1, 0.15) is 38.5 Å². The number of rotatable bonds is 4. The Hall–Kier alpha value is -0.160. The van der Waals surface area contributed by atoms with Gasteiger partial charge in [0, 0.05) is 32.2 Å². The lowest BCUT2D eigenvalue weighted by atomic mass is 9.74. The Morgan fingerprint density at radius 3 is 2.50 bits per heavy atom. The monoisotopic (exact) mass is 281 g/mol. The normalized spacial score (nSPS) is 32.5. The molecule has 1 aliphatic carbocycles. The van der Waals surface area contributed by atoms with E-state index in [1.807, 2.05) is 0 Å². The lowest BCUT2D eigenvalue weighted by Gasteiger charge is -2.39. The molecule has 1 saturated carbocycles. The van der Waals surface area contributed by atoms with Crippen LogP contribution in [0.4, 0.5) is 0 Å². The first-order valence-corrected chi connectivity index (χ1v) is 8.56. The molecule has 4 nitrogen and oxygen atoms in total. The van der Waals surface area contributed by atoms with Gasteiger partial charge in [-0.25, -0.2) is 0 Å². The zero-order valence-corrected chi connectivity index (χ0v) is 12.9. The van der Waals surface area contributed by atoms with Crippen molar-refractivity contribution >= 4 is 0 Å². The van der Waals surface area contributed by atoms with Crippen molar-refractivity contribution in [3.8, 4) is 0 Å². The number of nitrogens with zero attached hydrogens (tertiary/aromatic N) is 2. The molecule has 0 bridgehead atoms. The molecular weight excluding hydrogens is 250 g/mol. The Labute approximate surface area is 123 Å². The molecule has 3 aliphatic rings. The van der Waals surface area contributed by atoms with Gasteiger partial charge in [0.1, 0.15) is 0 Å². The van der Waals surface area contributed by atoms with Crippen LogP contribution in [-0.2, 0) is 4.74 Å². The molecule has 0 spiro atoms. The average Bonchev–Trinajstić information content (AvgIpc) is 2.97. The molecular formula is C16H31N3O. The van der Waals surface area contributed by atoms with Crippen LogP contribution in [0.5, 0.6) is 0 Å². The van der Waals surface area contributed by atoms with E-state index < -0.39 is 0 Å². The van der Waals surface area contributed by atoms with Gasteiger partial charge in [0.25, 0.3) is 0 Å². The van der Waals surface area contributed by atoms with E-state index in [0.717, 1.165) is 38.9 Å². The van der Waals surface area contributed by atoms with Crippen molar-refractivity contribution in [2.24, 2.45) is 11.1 Å². The van der Waals surface area contributed by atoms with Crippen molar-refractivity contribution in [3.05, 3.63) is 0 Å². The number of morpholine rings is 1. The highest BCUT2D eigenvalue weighted by Crippen LogP contribution is 2.37. The molecule has 2 heterocycles. The minimum absolute atomic E-state index is 0.429. The molecule has 2 saturated heterocycles.